The molecular weight excluding hydrogens is 275 g/mol. The number of amides is 1. The van der Waals surface area contributed by atoms with E-state index in [2.05, 4.69) is 4.98 Å². The van der Waals surface area contributed by atoms with Crippen molar-refractivity contribution in [2.24, 2.45) is 5.92 Å². The maximum absolute atomic E-state index is 13.2. The highest BCUT2D eigenvalue weighted by molar-refractivity contribution is 5.96. The van der Waals surface area contributed by atoms with Crippen molar-refractivity contribution >= 4 is 11.9 Å². The minimum absolute atomic E-state index is 0.0932. The van der Waals surface area contributed by atoms with Crippen LogP contribution in [0.2, 0.25) is 0 Å². The molecule has 5 nitrogen and oxygen atoms in total. The fraction of sp³-hybridized carbons (Fsp3) is 0.533. The number of nitrogens with zero attached hydrogens (tertiary/aromatic N) is 2. The zero-order valence-corrected chi connectivity index (χ0v) is 11.8. The molecule has 0 saturated carbocycles. The summed E-state index contributed by atoms with van der Waals surface area (Å²) in [6.45, 7) is 0.368. The Hall–Kier alpha value is -1.98. The topological polar surface area (TPSA) is 59.5 Å². The van der Waals surface area contributed by atoms with Crippen LogP contribution in [0.5, 0.6) is 0 Å². The Morgan fingerprint density at radius 3 is 2.95 bits per heavy atom. The Balaban J connectivity index is 1.89. The van der Waals surface area contributed by atoms with Gasteiger partial charge < -0.3 is 9.64 Å². The summed E-state index contributed by atoms with van der Waals surface area (Å²) in [4.78, 5) is 29.9. The van der Waals surface area contributed by atoms with Crippen LogP contribution < -0.4 is 0 Å². The van der Waals surface area contributed by atoms with Crippen LogP contribution in [0.25, 0.3) is 0 Å². The summed E-state index contributed by atoms with van der Waals surface area (Å²) in [6, 6.07) is 2.79. The summed E-state index contributed by atoms with van der Waals surface area (Å²) in [5.41, 5.74) is 0.966. The van der Waals surface area contributed by atoms with Crippen LogP contribution in [0.4, 0.5) is 4.39 Å². The third kappa shape index (κ3) is 2.50. The van der Waals surface area contributed by atoms with E-state index in [0.717, 1.165) is 19.3 Å². The van der Waals surface area contributed by atoms with Crippen LogP contribution in [-0.2, 0) is 16.0 Å². The van der Waals surface area contributed by atoms with Crippen molar-refractivity contribution in [3.8, 4) is 0 Å². The van der Waals surface area contributed by atoms with E-state index in [1.165, 1.54) is 19.2 Å². The number of carbonyl (C=O) groups excluding carboxylic acids is 2. The highest BCUT2D eigenvalue weighted by Crippen LogP contribution is 2.30. The molecule has 0 spiro atoms. The number of aromatic nitrogens is 1. The third-order valence-corrected chi connectivity index (χ3v) is 4.39. The third-order valence-electron chi connectivity index (χ3n) is 4.39. The van der Waals surface area contributed by atoms with Crippen LogP contribution in [-0.4, -0.2) is 41.5 Å². The molecule has 1 saturated heterocycles. The molecule has 2 unspecified atom stereocenters. The average molecular weight is 292 g/mol. The molecule has 0 N–H and O–H groups in total. The zero-order valence-electron chi connectivity index (χ0n) is 11.8. The summed E-state index contributed by atoms with van der Waals surface area (Å²) in [6.07, 6.45) is 2.83. The lowest BCUT2D eigenvalue weighted by Crippen LogP contribution is -2.48. The van der Waals surface area contributed by atoms with E-state index in [1.807, 2.05) is 0 Å². The average Bonchev–Trinajstić information content (AvgIpc) is 2.63. The summed E-state index contributed by atoms with van der Waals surface area (Å²) in [5, 5.41) is 0. The first kappa shape index (κ1) is 14.0. The highest BCUT2D eigenvalue weighted by atomic mass is 19.1. The summed E-state index contributed by atoms with van der Waals surface area (Å²) >= 11 is 0. The van der Waals surface area contributed by atoms with E-state index >= 15 is 0 Å². The summed E-state index contributed by atoms with van der Waals surface area (Å²) < 4.78 is 18.0. The van der Waals surface area contributed by atoms with Gasteiger partial charge in [0.1, 0.15) is 0 Å². The second-order valence-corrected chi connectivity index (χ2v) is 5.58. The maximum Gasteiger partial charge on any atom is 0.310 e. The molecule has 0 bridgehead atoms. The van der Waals surface area contributed by atoms with Gasteiger partial charge in [0.05, 0.1) is 24.3 Å². The van der Waals surface area contributed by atoms with Gasteiger partial charge in [0.25, 0.3) is 5.91 Å². The monoisotopic (exact) mass is 292 g/mol. The second kappa shape index (κ2) is 5.42. The second-order valence-electron chi connectivity index (χ2n) is 5.58. The van der Waals surface area contributed by atoms with E-state index in [9.17, 15) is 14.0 Å². The smallest absolute Gasteiger partial charge is 0.310 e. The molecule has 1 fully saturated rings. The molecule has 2 atom stereocenters. The van der Waals surface area contributed by atoms with Gasteiger partial charge in [-0.05, 0) is 37.8 Å². The number of aryl methyl sites for hydroxylation is 1. The minimum atomic E-state index is -0.561. The number of methoxy groups -OCH3 is 1. The molecule has 3 rings (SSSR count). The fourth-order valence-corrected chi connectivity index (χ4v) is 3.25. The number of rotatable bonds is 1. The van der Waals surface area contributed by atoms with Crippen molar-refractivity contribution in [1.29, 1.82) is 0 Å². The number of hydrogen-bond acceptors (Lipinski definition) is 4. The van der Waals surface area contributed by atoms with E-state index < -0.39 is 5.95 Å². The Bertz CT molecular complexity index is 590. The first-order valence-electron chi connectivity index (χ1n) is 7.14. The van der Waals surface area contributed by atoms with Gasteiger partial charge in [0.2, 0.25) is 5.95 Å². The molecule has 6 heteroatoms. The van der Waals surface area contributed by atoms with E-state index in [1.54, 1.807) is 4.90 Å². The SMILES string of the molecule is COC(=O)C1CCC2CCc3nc(F)ccc3C(=O)N2C1. The van der Waals surface area contributed by atoms with Gasteiger partial charge in [-0.1, -0.05) is 0 Å². The normalized spacial score (nSPS) is 24.9. The van der Waals surface area contributed by atoms with Crippen LogP contribution in [0, 0.1) is 11.9 Å². The van der Waals surface area contributed by atoms with Crippen molar-refractivity contribution < 1.29 is 18.7 Å². The van der Waals surface area contributed by atoms with Gasteiger partial charge in [0.15, 0.2) is 0 Å². The molecule has 1 amide bonds. The largest absolute Gasteiger partial charge is 0.469 e. The molecule has 0 aliphatic carbocycles. The van der Waals surface area contributed by atoms with Crippen LogP contribution >= 0.6 is 0 Å². The predicted molar refractivity (Wildman–Crippen MR) is 72.1 cm³/mol. The number of halogens is 1. The van der Waals surface area contributed by atoms with Gasteiger partial charge in [-0.2, -0.15) is 4.39 Å². The molecule has 1 aromatic rings. The van der Waals surface area contributed by atoms with Crippen LogP contribution in [0.3, 0.4) is 0 Å². The molecule has 2 aliphatic rings. The Morgan fingerprint density at radius 2 is 2.19 bits per heavy atom. The zero-order chi connectivity index (χ0) is 15.0. The maximum atomic E-state index is 13.2. The van der Waals surface area contributed by atoms with Crippen LogP contribution in [0.15, 0.2) is 12.1 Å². The molecule has 1 aromatic heterocycles. The van der Waals surface area contributed by atoms with Crippen LogP contribution in [0.1, 0.15) is 35.3 Å². The molecule has 0 radical (unpaired) electrons. The molecule has 21 heavy (non-hydrogen) atoms. The summed E-state index contributed by atoms with van der Waals surface area (Å²) in [5.74, 6) is -1.27. The lowest BCUT2D eigenvalue weighted by atomic mass is 9.91. The van der Waals surface area contributed by atoms with Gasteiger partial charge in [0, 0.05) is 12.6 Å². The van der Waals surface area contributed by atoms with E-state index in [4.69, 9.17) is 4.74 Å². The lowest BCUT2D eigenvalue weighted by molar-refractivity contribution is -0.147. The van der Waals surface area contributed by atoms with Gasteiger partial charge in [-0.15, -0.1) is 0 Å². The first-order valence-corrected chi connectivity index (χ1v) is 7.14. The number of pyridine rings is 1. The molecule has 112 valence electrons. The molecular formula is C15H17FN2O3. The number of hydrogen-bond donors (Lipinski definition) is 0. The lowest BCUT2D eigenvalue weighted by Gasteiger charge is -2.37. The van der Waals surface area contributed by atoms with Gasteiger partial charge >= 0.3 is 5.97 Å². The van der Waals surface area contributed by atoms with Crippen molar-refractivity contribution in [2.75, 3.05) is 13.7 Å². The van der Waals surface area contributed by atoms with Gasteiger partial charge in [-0.3, -0.25) is 9.59 Å². The highest BCUT2D eigenvalue weighted by Gasteiger charge is 2.38. The quantitative estimate of drug-likeness (QED) is 0.582. The fourth-order valence-electron chi connectivity index (χ4n) is 3.25. The number of ether oxygens (including phenoxy) is 1. The molecule has 2 aliphatic heterocycles. The van der Waals surface area contributed by atoms with Crippen molar-refractivity contribution in [3.63, 3.8) is 0 Å². The van der Waals surface area contributed by atoms with Gasteiger partial charge in [-0.25, -0.2) is 4.98 Å². The first-order chi connectivity index (χ1) is 10.1. The predicted octanol–water partition coefficient (Wildman–Crippen LogP) is 1.56. The number of carbonyl (C=O) groups is 2. The number of esters is 1. The summed E-state index contributed by atoms with van der Waals surface area (Å²) in [7, 11) is 1.36. The Labute approximate surface area is 122 Å². The number of piperidine rings is 1. The standard InChI is InChI=1S/C15H17FN2O3/c1-21-15(20)9-2-3-10-4-6-12-11(5-7-13(16)17-12)14(19)18(10)8-9/h5,7,9-10H,2-4,6,8H2,1H3. The van der Waals surface area contributed by atoms with E-state index in [-0.39, 0.29) is 23.8 Å². The molecule has 0 aromatic carbocycles. The van der Waals surface area contributed by atoms with Crippen molar-refractivity contribution in [1.82, 2.24) is 9.88 Å². The molecule has 3 heterocycles. The Morgan fingerprint density at radius 1 is 1.38 bits per heavy atom. The van der Waals surface area contributed by atoms with Crippen molar-refractivity contribution in [2.45, 2.75) is 31.7 Å². The Kier molecular flexibility index (Phi) is 3.61. The number of fused-ring (bicyclic) bond motifs is 2. The van der Waals surface area contributed by atoms with E-state index in [0.29, 0.717) is 24.2 Å². The van der Waals surface area contributed by atoms with Crippen molar-refractivity contribution in [3.05, 3.63) is 29.3 Å². The minimum Gasteiger partial charge on any atom is -0.469 e.